The van der Waals surface area contributed by atoms with E-state index in [4.69, 9.17) is 0 Å². The number of aromatic nitrogens is 3. The average molecular weight is 235 g/mol. The molecule has 2 saturated carbocycles. The Kier molecular flexibility index (Phi) is 1.92. The van der Waals surface area contributed by atoms with E-state index in [2.05, 4.69) is 30.9 Å². The minimum Gasteiger partial charge on any atom is -0.381 e. The summed E-state index contributed by atoms with van der Waals surface area (Å²) in [6.45, 7) is 6.56. The Morgan fingerprint density at radius 3 is 2.59 bits per heavy atom. The van der Waals surface area contributed by atoms with Gasteiger partial charge in [0.1, 0.15) is 11.9 Å². The second kappa shape index (κ2) is 2.91. The Morgan fingerprint density at radius 1 is 1.41 bits per heavy atom. The molecule has 0 saturated heterocycles. The zero-order chi connectivity index (χ0) is 12.5. The third kappa shape index (κ3) is 1.03. The van der Waals surface area contributed by atoms with E-state index in [9.17, 15) is 5.11 Å². The van der Waals surface area contributed by atoms with Crippen molar-refractivity contribution in [2.75, 3.05) is 0 Å². The molecule has 0 aliphatic heterocycles. The second-order valence-corrected chi connectivity index (χ2v) is 6.64. The Hall–Kier alpha value is -0.900. The van der Waals surface area contributed by atoms with E-state index in [1.165, 1.54) is 6.42 Å². The molecule has 3 rings (SSSR count). The lowest BCUT2D eigenvalue weighted by atomic mass is 9.60. The molecular weight excluding hydrogens is 214 g/mol. The number of rotatable bonds is 1. The van der Waals surface area contributed by atoms with Crippen molar-refractivity contribution in [1.29, 1.82) is 0 Å². The summed E-state index contributed by atoms with van der Waals surface area (Å²) in [5, 5.41) is 15.5. The maximum Gasteiger partial charge on any atom is 0.159 e. The average Bonchev–Trinajstić information content (AvgIpc) is 2.86. The predicted molar refractivity (Wildman–Crippen MR) is 64.1 cm³/mol. The van der Waals surface area contributed by atoms with Gasteiger partial charge in [-0.05, 0) is 25.2 Å². The second-order valence-electron chi connectivity index (χ2n) is 6.64. The molecule has 3 unspecified atom stereocenters. The van der Waals surface area contributed by atoms with E-state index in [1.54, 1.807) is 11.0 Å². The highest BCUT2D eigenvalue weighted by Crippen LogP contribution is 2.71. The van der Waals surface area contributed by atoms with Gasteiger partial charge >= 0.3 is 0 Å². The van der Waals surface area contributed by atoms with Gasteiger partial charge in [0.2, 0.25) is 0 Å². The van der Waals surface area contributed by atoms with Crippen LogP contribution in [0, 0.1) is 16.7 Å². The van der Waals surface area contributed by atoms with Crippen molar-refractivity contribution in [3.8, 4) is 0 Å². The zero-order valence-electron chi connectivity index (χ0n) is 11.1. The SMILES string of the molecule is Cn1ncnc1C1(O)C2(C)CCC(C2)C1(C)C. The Balaban J connectivity index is 2.21. The molecule has 2 aliphatic rings. The summed E-state index contributed by atoms with van der Waals surface area (Å²) < 4.78 is 1.73. The molecule has 4 heteroatoms. The fourth-order valence-electron chi connectivity index (χ4n) is 4.44. The maximum absolute atomic E-state index is 11.4. The van der Waals surface area contributed by atoms with Gasteiger partial charge in [-0.15, -0.1) is 0 Å². The van der Waals surface area contributed by atoms with Gasteiger partial charge in [-0.25, -0.2) is 4.98 Å². The molecule has 94 valence electrons. The van der Waals surface area contributed by atoms with Gasteiger partial charge < -0.3 is 5.11 Å². The highest BCUT2D eigenvalue weighted by Gasteiger charge is 2.70. The van der Waals surface area contributed by atoms with Gasteiger partial charge in [-0.1, -0.05) is 20.8 Å². The van der Waals surface area contributed by atoms with Crippen LogP contribution in [0.5, 0.6) is 0 Å². The summed E-state index contributed by atoms with van der Waals surface area (Å²) in [6.07, 6.45) is 4.95. The first-order chi connectivity index (χ1) is 7.83. The van der Waals surface area contributed by atoms with E-state index in [0.29, 0.717) is 5.92 Å². The summed E-state index contributed by atoms with van der Waals surface area (Å²) in [4.78, 5) is 4.33. The lowest BCUT2D eigenvalue weighted by Crippen LogP contribution is -2.52. The van der Waals surface area contributed by atoms with Gasteiger partial charge in [-0.3, -0.25) is 4.68 Å². The first-order valence-corrected chi connectivity index (χ1v) is 6.40. The fourth-order valence-corrected chi connectivity index (χ4v) is 4.44. The molecule has 0 radical (unpaired) electrons. The lowest BCUT2D eigenvalue weighted by molar-refractivity contribution is -0.158. The quantitative estimate of drug-likeness (QED) is 0.808. The fraction of sp³-hybridized carbons (Fsp3) is 0.846. The van der Waals surface area contributed by atoms with Gasteiger partial charge in [0.15, 0.2) is 5.82 Å². The van der Waals surface area contributed by atoms with Gasteiger partial charge in [-0.2, -0.15) is 5.10 Å². The van der Waals surface area contributed by atoms with Crippen LogP contribution in [0.25, 0.3) is 0 Å². The highest BCUT2D eigenvalue weighted by molar-refractivity contribution is 5.24. The van der Waals surface area contributed by atoms with Crippen molar-refractivity contribution in [1.82, 2.24) is 14.8 Å². The summed E-state index contributed by atoms with van der Waals surface area (Å²) in [5.41, 5.74) is -1.03. The Morgan fingerprint density at radius 2 is 2.12 bits per heavy atom. The van der Waals surface area contributed by atoms with E-state index in [-0.39, 0.29) is 10.8 Å². The third-order valence-corrected chi connectivity index (χ3v) is 5.60. The topological polar surface area (TPSA) is 50.9 Å². The van der Waals surface area contributed by atoms with Crippen LogP contribution >= 0.6 is 0 Å². The molecule has 1 aromatic rings. The molecule has 2 fully saturated rings. The highest BCUT2D eigenvalue weighted by atomic mass is 16.3. The molecule has 1 N–H and O–H groups in total. The first kappa shape index (κ1) is 11.2. The maximum atomic E-state index is 11.4. The van der Waals surface area contributed by atoms with Crippen LogP contribution in [0.3, 0.4) is 0 Å². The number of hydrogen-bond acceptors (Lipinski definition) is 3. The number of fused-ring (bicyclic) bond motifs is 2. The number of aryl methyl sites for hydroxylation is 1. The molecule has 0 amide bonds. The summed E-state index contributed by atoms with van der Waals surface area (Å²) in [6, 6.07) is 0. The zero-order valence-corrected chi connectivity index (χ0v) is 11.1. The Bertz CT molecular complexity index is 460. The standard InChI is InChI=1S/C13H21N3O/c1-11(2)9-5-6-12(3,7-9)13(11,17)10-14-8-15-16(10)4/h8-9,17H,5-7H2,1-4H3. The van der Waals surface area contributed by atoms with Crippen molar-refractivity contribution >= 4 is 0 Å². The minimum absolute atomic E-state index is 0.0536. The molecule has 1 aromatic heterocycles. The van der Waals surface area contributed by atoms with Crippen LogP contribution in [0.2, 0.25) is 0 Å². The third-order valence-electron chi connectivity index (χ3n) is 5.60. The van der Waals surface area contributed by atoms with Gasteiger partial charge in [0.05, 0.1) is 0 Å². The van der Waals surface area contributed by atoms with Crippen LogP contribution in [-0.2, 0) is 12.6 Å². The van der Waals surface area contributed by atoms with Crippen molar-refractivity contribution in [2.45, 2.75) is 45.6 Å². The van der Waals surface area contributed by atoms with E-state index >= 15 is 0 Å². The minimum atomic E-state index is -0.853. The molecule has 3 atom stereocenters. The van der Waals surface area contributed by atoms with Crippen LogP contribution in [0.4, 0.5) is 0 Å². The van der Waals surface area contributed by atoms with Crippen LogP contribution in [0.1, 0.15) is 45.9 Å². The van der Waals surface area contributed by atoms with Crippen LogP contribution in [0.15, 0.2) is 6.33 Å². The van der Waals surface area contributed by atoms with Crippen molar-refractivity contribution in [3.05, 3.63) is 12.2 Å². The molecule has 1 heterocycles. The van der Waals surface area contributed by atoms with Crippen molar-refractivity contribution < 1.29 is 5.11 Å². The molecule has 17 heavy (non-hydrogen) atoms. The summed E-state index contributed by atoms with van der Waals surface area (Å²) in [5.74, 6) is 1.32. The monoisotopic (exact) mass is 235 g/mol. The molecule has 4 nitrogen and oxygen atoms in total. The smallest absolute Gasteiger partial charge is 0.159 e. The van der Waals surface area contributed by atoms with Crippen molar-refractivity contribution in [3.63, 3.8) is 0 Å². The summed E-state index contributed by atoms with van der Waals surface area (Å²) in [7, 11) is 1.87. The predicted octanol–water partition coefficient (Wildman–Crippen LogP) is 1.85. The van der Waals surface area contributed by atoms with Gasteiger partial charge in [0, 0.05) is 17.9 Å². The lowest BCUT2D eigenvalue weighted by Gasteiger charge is -2.49. The van der Waals surface area contributed by atoms with Crippen molar-refractivity contribution in [2.24, 2.45) is 23.8 Å². The van der Waals surface area contributed by atoms with E-state index in [1.807, 2.05) is 7.05 Å². The normalized spacial score (nSPS) is 43.2. The Labute approximate surface area is 102 Å². The molecule has 0 spiro atoms. The van der Waals surface area contributed by atoms with E-state index < -0.39 is 5.60 Å². The largest absolute Gasteiger partial charge is 0.381 e. The van der Waals surface area contributed by atoms with Gasteiger partial charge in [0.25, 0.3) is 0 Å². The molecule has 2 bridgehead atoms. The van der Waals surface area contributed by atoms with E-state index in [0.717, 1.165) is 18.7 Å². The number of nitrogens with zero attached hydrogens (tertiary/aromatic N) is 3. The summed E-state index contributed by atoms with van der Waals surface area (Å²) >= 11 is 0. The number of hydrogen-bond donors (Lipinski definition) is 1. The van der Waals surface area contributed by atoms with Crippen LogP contribution in [-0.4, -0.2) is 19.9 Å². The van der Waals surface area contributed by atoms with Crippen LogP contribution < -0.4 is 0 Å². The molecule has 2 aliphatic carbocycles. The first-order valence-electron chi connectivity index (χ1n) is 6.40. The number of aliphatic hydroxyl groups is 1. The molecular formula is C13H21N3O. The molecule has 0 aromatic carbocycles.